The standard InChI is InChI=1S/C16H12ClN3O3S/c17-12-7-5-11(6-8-12)9-15(21)20-24(22,23)16-10-18-13-3-1-2-4-14(13)19-16/h1-8,10H,9H2,(H,20,21). The number of rotatable bonds is 4. The number of hydrogen-bond acceptors (Lipinski definition) is 5. The molecule has 1 N–H and O–H groups in total. The minimum atomic E-state index is -4.08. The van der Waals surface area contributed by atoms with Crippen molar-refractivity contribution in [3.8, 4) is 0 Å². The molecule has 0 spiro atoms. The van der Waals surface area contributed by atoms with E-state index < -0.39 is 15.9 Å². The second kappa shape index (κ2) is 6.54. The number of halogens is 1. The molecule has 1 amide bonds. The van der Waals surface area contributed by atoms with Crippen molar-refractivity contribution in [2.45, 2.75) is 11.4 Å². The molecule has 1 heterocycles. The molecule has 0 aliphatic heterocycles. The van der Waals surface area contributed by atoms with Crippen LogP contribution in [0, 0.1) is 0 Å². The Morgan fingerprint density at radius 2 is 1.71 bits per heavy atom. The van der Waals surface area contributed by atoms with E-state index in [0.717, 1.165) is 6.20 Å². The molecule has 0 fully saturated rings. The summed E-state index contributed by atoms with van der Waals surface area (Å²) < 4.78 is 26.5. The SMILES string of the molecule is O=C(Cc1ccc(Cl)cc1)NS(=O)(=O)c1cnc2ccccc2n1. The third kappa shape index (κ3) is 3.69. The second-order valence-electron chi connectivity index (χ2n) is 5.03. The molecule has 0 atom stereocenters. The fourth-order valence-electron chi connectivity index (χ4n) is 2.10. The van der Waals surface area contributed by atoms with Crippen molar-refractivity contribution in [1.29, 1.82) is 0 Å². The molecule has 0 saturated heterocycles. The molecule has 0 bridgehead atoms. The van der Waals surface area contributed by atoms with Crippen molar-refractivity contribution in [1.82, 2.24) is 14.7 Å². The highest BCUT2D eigenvalue weighted by Gasteiger charge is 2.20. The number of aromatic nitrogens is 2. The quantitative estimate of drug-likeness (QED) is 0.770. The molecule has 122 valence electrons. The smallest absolute Gasteiger partial charge is 0.274 e. The van der Waals surface area contributed by atoms with Crippen molar-refractivity contribution >= 4 is 38.6 Å². The lowest BCUT2D eigenvalue weighted by Gasteiger charge is -2.07. The predicted molar refractivity (Wildman–Crippen MR) is 90.0 cm³/mol. The lowest BCUT2D eigenvalue weighted by atomic mass is 10.1. The van der Waals surface area contributed by atoms with Gasteiger partial charge in [-0.3, -0.25) is 9.78 Å². The number of fused-ring (bicyclic) bond motifs is 1. The highest BCUT2D eigenvalue weighted by molar-refractivity contribution is 7.90. The van der Waals surface area contributed by atoms with E-state index in [1.54, 1.807) is 48.5 Å². The van der Waals surface area contributed by atoms with E-state index in [1.165, 1.54) is 0 Å². The first-order valence-electron chi connectivity index (χ1n) is 6.96. The third-order valence-electron chi connectivity index (χ3n) is 3.23. The molecule has 24 heavy (non-hydrogen) atoms. The van der Waals surface area contributed by atoms with Crippen molar-refractivity contribution in [3.63, 3.8) is 0 Å². The molecule has 0 saturated carbocycles. The van der Waals surface area contributed by atoms with Crippen LogP contribution < -0.4 is 4.72 Å². The molecule has 0 aliphatic rings. The van der Waals surface area contributed by atoms with Gasteiger partial charge in [-0.1, -0.05) is 35.9 Å². The van der Waals surface area contributed by atoms with Crippen molar-refractivity contribution in [2.24, 2.45) is 0 Å². The van der Waals surface area contributed by atoms with Gasteiger partial charge in [-0.05, 0) is 29.8 Å². The summed E-state index contributed by atoms with van der Waals surface area (Å²) in [6, 6.07) is 13.5. The van der Waals surface area contributed by atoms with E-state index in [-0.39, 0.29) is 11.4 Å². The zero-order valence-corrected chi connectivity index (χ0v) is 13.9. The van der Waals surface area contributed by atoms with E-state index in [0.29, 0.717) is 21.6 Å². The van der Waals surface area contributed by atoms with E-state index in [1.807, 2.05) is 4.72 Å². The van der Waals surface area contributed by atoms with Crippen LogP contribution in [-0.2, 0) is 21.2 Å². The molecule has 2 aromatic carbocycles. The van der Waals surface area contributed by atoms with E-state index in [4.69, 9.17) is 11.6 Å². The number of sulfonamides is 1. The van der Waals surface area contributed by atoms with Gasteiger partial charge in [-0.15, -0.1) is 0 Å². The third-order valence-corrected chi connectivity index (χ3v) is 4.72. The van der Waals surface area contributed by atoms with Crippen LogP contribution in [-0.4, -0.2) is 24.3 Å². The molecule has 3 rings (SSSR count). The van der Waals surface area contributed by atoms with E-state index in [2.05, 4.69) is 9.97 Å². The number of para-hydroxylation sites is 2. The zero-order valence-electron chi connectivity index (χ0n) is 12.3. The molecule has 3 aromatic rings. The Kier molecular flexibility index (Phi) is 4.46. The highest BCUT2D eigenvalue weighted by Crippen LogP contribution is 2.13. The van der Waals surface area contributed by atoms with Crippen LogP contribution in [0.25, 0.3) is 11.0 Å². The number of benzene rings is 2. The van der Waals surface area contributed by atoms with Gasteiger partial charge in [-0.2, -0.15) is 8.42 Å². The van der Waals surface area contributed by atoms with Crippen LogP contribution in [0.1, 0.15) is 5.56 Å². The minimum Gasteiger partial charge on any atom is -0.274 e. The number of amides is 1. The maximum atomic E-state index is 12.3. The van der Waals surface area contributed by atoms with Crippen molar-refractivity contribution in [3.05, 3.63) is 65.3 Å². The summed E-state index contributed by atoms with van der Waals surface area (Å²) >= 11 is 5.77. The number of carbonyl (C=O) groups excluding carboxylic acids is 1. The van der Waals surface area contributed by atoms with Crippen LogP contribution >= 0.6 is 11.6 Å². The molecular weight excluding hydrogens is 350 g/mol. The van der Waals surface area contributed by atoms with Gasteiger partial charge in [0.15, 0.2) is 5.03 Å². The van der Waals surface area contributed by atoms with Gasteiger partial charge in [0.05, 0.1) is 23.7 Å². The Hall–Kier alpha value is -2.51. The topological polar surface area (TPSA) is 89.0 Å². The summed E-state index contributed by atoms with van der Waals surface area (Å²) in [5, 5.41) is 0.240. The maximum absolute atomic E-state index is 12.3. The molecule has 6 nitrogen and oxygen atoms in total. The predicted octanol–water partition coefficient (Wildman–Crippen LogP) is 2.33. The second-order valence-corrected chi connectivity index (χ2v) is 7.09. The molecule has 0 aliphatic carbocycles. The first kappa shape index (κ1) is 16.4. The van der Waals surface area contributed by atoms with Gasteiger partial charge in [-0.25, -0.2) is 9.71 Å². The first-order valence-corrected chi connectivity index (χ1v) is 8.82. The molecule has 8 heteroatoms. The first-order chi connectivity index (χ1) is 11.4. The molecular formula is C16H12ClN3O3S. The van der Waals surface area contributed by atoms with Crippen LogP contribution in [0.15, 0.2) is 59.8 Å². The summed E-state index contributed by atoms with van der Waals surface area (Å²) in [6.45, 7) is 0. The zero-order chi connectivity index (χ0) is 17.2. The number of nitrogens with zero attached hydrogens (tertiary/aromatic N) is 2. The molecule has 0 unspecified atom stereocenters. The van der Waals surface area contributed by atoms with Crippen LogP contribution in [0.3, 0.4) is 0 Å². The fraction of sp³-hybridized carbons (Fsp3) is 0.0625. The molecule has 1 aromatic heterocycles. The summed E-state index contributed by atoms with van der Waals surface area (Å²) in [4.78, 5) is 20.1. The lowest BCUT2D eigenvalue weighted by Crippen LogP contribution is -2.32. The minimum absolute atomic E-state index is 0.0859. The average Bonchev–Trinajstić information content (AvgIpc) is 2.56. The van der Waals surface area contributed by atoms with Gasteiger partial charge < -0.3 is 0 Å². The molecule has 0 radical (unpaired) electrons. The normalized spacial score (nSPS) is 11.4. The summed E-state index contributed by atoms with van der Waals surface area (Å²) in [7, 11) is -4.08. The number of nitrogens with one attached hydrogen (secondary N) is 1. The van der Waals surface area contributed by atoms with Gasteiger partial charge in [0.25, 0.3) is 10.0 Å². The number of hydrogen-bond donors (Lipinski definition) is 1. The monoisotopic (exact) mass is 361 g/mol. The Labute approximate surface area is 143 Å². The average molecular weight is 362 g/mol. The van der Waals surface area contributed by atoms with Crippen molar-refractivity contribution in [2.75, 3.05) is 0 Å². The van der Waals surface area contributed by atoms with Crippen LogP contribution in [0.4, 0.5) is 0 Å². The van der Waals surface area contributed by atoms with E-state index >= 15 is 0 Å². The van der Waals surface area contributed by atoms with Crippen LogP contribution in [0.2, 0.25) is 5.02 Å². The Bertz CT molecular complexity index is 1000. The van der Waals surface area contributed by atoms with Crippen LogP contribution in [0.5, 0.6) is 0 Å². The van der Waals surface area contributed by atoms with Gasteiger partial charge in [0.1, 0.15) is 0 Å². The Morgan fingerprint density at radius 1 is 1.04 bits per heavy atom. The fourth-order valence-corrected chi connectivity index (χ4v) is 3.11. The Balaban J connectivity index is 1.79. The van der Waals surface area contributed by atoms with Gasteiger partial charge >= 0.3 is 0 Å². The Morgan fingerprint density at radius 3 is 2.42 bits per heavy atom. The van der Waals surface area contributed by atoms with E-state index in [9.17, 15) is 13.2 Å². The van der Waals surface area contributed by atoms with Gasteiger partial charge in [0, 0.05) is 5.02 Å². The highest BCUT2D eigenvalue weighted by atomic mass is 35.5. The van der Waals surface area contributed by atoms with Crippen molar-refractivity contribution < 1.29 is 13.2 Å². The summed E-state index contributed by atoms with van der Waals surface area (Å²) in [6.07, 6.45) is 1.04. The largest absolute Gasteiger partial charge is 0.283 e. The van der Waals surface area contributed by atoms with Gasteiger partial charge in [0.2, 0.25) is 5.91 Å². The summed E-state index contributed by atoms with van der Waals surface area (Å²) in [5.41, 5.74) is 1.66. The number of carbonyl (C=O) groups is 1. The maximum Gasteiger partial charge on any atom is 0.283 e. The summed E-state index contributed by atoms with van der Waals surface area (Å²) in [5.74, 6) is -0.660. The lowest BCUT2D eigenvalue weighted by molar-refractivity contribution is -0.118.